The maximum Gasteiger partial charge on any atom is 0.141 e. The van der Waals surface area contributed by atoms with Crippen LogP contribution in [0.15, 0.2) is 23.6 Å². The summed E-state index contributed by atoms with van der Waals surface area (Å²) >= 11 is 7.29. The molecule has 2 aromatic rings. The SMILES string of the molecule is CC(N)Cc1nc(-c2ccc(F)c(Cl)c2)cs1. The number of rotatable bonds is 3. The van der Waals surface area contributed by atoms with Crippen LogP contribution in [0.4, 0.5) is 4.39 Å². The van der Waals surface area contributed by atoms with Gasteiger partial charge in [0, 0.05) is 23.4 Å². The third-order valence-corrected chi connectivity index (χ3v) is 3.42. The van der Waals surface area contributed by atoms with Gasteiger partial charge in [-0.3, -0.25) is 0 Å². The largest absolute Gasteiger partial charge is 0.328 e. The molecule has 0 aliphatic heterocycles. The molecule has 0 bridgehead atoms. The lowest BCUT2D eigenvalue weighted by atomic mass is 10.2. The minimum atomic E-state index is -0.415. The van der Waals surface area contributed by atoms with Gasteiger partial charge in [-0.25, -0.2) is 9.37 Å². The van der Waals surface area contributed by atoms with Crippen LogP contribution < -0.4 is 5.73 Å². The van der Waals surface area contributed by atoms with Crippen LogP contribution in [-0.2, 0) is 6.42 Å². The van der Waals surface area contributed by atoms with Crippen LogP contribution >= 0.6 is 22.9 Å². The predicted octanol–water partition coefficient (Wildman–Crippen LogP) is 3.49. The first kappa shape index (κ1) is 12.5. The van der Waals surface area contributed by atoms with Crippen LogP contribution in [0.3, 0.4) is 0 Å². The Morgan fingerprint density at radius 1 is 1.53 bits per heavy atom. The topological polar surface area (TPSA) is 38.9 Å². The molecular formula is C12H12ClFN2S. The molecular weight excluding hydrogens is 259 g/mol. The van der Waals surface area contributed by atoms with Crippen molar-refractivity contribution >= 4 is 22.9 Å². The van der Waals surface area contributed by atoms with E-state index in [-0.39, 0.29) is 11.1 Å². The summed E-state index contributed by atoms with van der Waals surface area (Å²) in [7, 11) is 0. The van der Waals surface area contributed by atoms with E-state index < -0.39 is 5.82 Å². The van der Waals surface area contributed by atoms with Gasteiger partial charge in [0.15, 0.2) is 0 Å². The number of thiazole rings is 1. The van der Waals surface area contributed by atoms with Crippen LogP contribution in [0, 0.1) is 5.82 Å². The molecule has 1 atom stereocenters. The number of hydrogen-bond acceptors (Lipinski definition) is 3. The summed E-state index contributed by atoms with van der Waals surface area (Å²) in [6.45, 7) is 1.94. The van der Waals surface area contributed by atoms with Gasteiger partial charge in [0.25, 0.3) is 0 Å². The van der Waals surface area contributed by atoms with Crippen molar-refractivity contribution in [3.05, 3.63) is 39.4 Å². The summed E-state index contributed by atoms with van der Waals surface area (Å²) < 4.78 is 13.0. The molecule has 90 valence electrons. The molecule has 0 fully saturated rings. The van der Waals surface area contributed by atoms with Crippen LogP contribution in [0.1, 0.15) is 11.9 Å². The highest BCUT2D eigenvalue weighted by Gasteiger charge is 2.08. The zero-order valence-electron chi connectivity index (χ0n) is 9.28. The fourth-order valence-corrected chi connectivity index (χ4v) is 2.60. The normalized spacial score (nSPS) is 12.7. The molecule has 0 saturated carbocycles. The molecule has 17 heavy (non-hydrogen) atoms. The second kappa shape index (κ2) is 5.12. The zero-order chi connectivity index (χ0) is 12.4. The minimum Gasteiger partial charge on any atom is -0.328 e. The Bertz CT molecular complexity index is 525. The quantitative estimate of drug-likeness (QED) is 0.927. The molecule has 1 aromatic carbocycles. The lowest BCUT2D eigenvalue weighted by Crippen LogP contribution is -2.17. The predicted molar refractivity (Wildman–Crippen MR) is 69.9 cm³/mol. The lowest BCUT2D eigenvalue weighted by Gasteiger charge is -2.00. The monoisotopic (exact) mass is 270 g/mol. The number of aromatic nitrogens is 1. The summed E-state index contributed by atoms with van der Waals surface area (Å²) in [5.41, 5.74) is 7.35. The summed E-state index contributed by atoms with van der Waals surface area (Å²) in [5.74, 6) is -0.415. The molecule has 2 nitrogen and oxygen atoms in total. The van der Waals surface area contributed by atoms with E-state index in [0.29, 0.717) is 0 Å². The van der Waals surface area contributed by atoms with Gasteiger partial charge in [-0.1, -0.05) is 11.6 Å². The number of nitrogens with two attached hydrogens (primary N) is 1. The molecule has 0 aliphatic rings. The zero-order valence-corrected chi connectivity index (χ0v) is 10.9. The van der Waals surface area contributed by atoms with Crippen molar-refractivity contribution in [3.8, 4) is 11.3 Å². The molecule has 0 radical (unpaired) electrons. The Kier molecular flexibility index (Phi) is 3.76. The van der Waals surface area contributed by atoms with Gasteiger partial charge in [-0.15, -0.1) is 11.3 Å². The Morgan fingerprint density at radius 2 is 2.29 bits per heavy atom. The fourth-order valence-electron chi connectivity index (χ4n) is 1.47. The second-order valence-corrected chi connectivity index (χ2v) is 5.29. The van der Waals surface area contributed by atoms with E-state index in [2.05, 4.69) is 4.98 Å². The first-order chi connectivity index (χ1) is 8.06. The smallest absolute Gasteiger partial charge is 0.141 e. The summed E-state index contributed by atoms with van der Waals surface area (Å²) in [6, 6.07) is 4.70. The summed E-state index contributed by atoms with van der Waals surface area (Å²) in [5, 5.41) is 3.03. The van der Waals surface area contributed by atoms with Crippen LogP contribution in [-0.4, -0.2) is 11.0 Å². The minimum absolute atomic E-state index is 0.0887. The van der Waals surface area contributed by atoms with Crippen molar-refractivity contribution in [3.63, 3.8) is 0 Å². The maximum absolute atomic E-state index is 13.0. The van der Waals surface area contributed by atoms with E-state index in [1.807, 2.05) is 12.3 Å². The van der Waals surface area contributed by atoms with E-state index in [0.717, 1.165) is 22.7 Å². The molecule has 5 heteroatoms. The molecule has 0 amide bonds. The molecule has 1 unspecified atom stereocenters. The Hall–Kier alpha value is -0.970. The van der Waals surface area contributed by atoms with E-state index >= 15 is 0 Å². The van der Waals surface area contributed by atoms with Crippen LogP contribution in [0.25, 0.3) is 11.3 Å². The Morgan fingerprint density at radius 3 is 2.94 bits per heavy atom. The third kappa shape index (κ3) is 3.03. The second-order valence-electron chi connectivity index (χ2n) is 3.94. The van der Waals surface area contributed by atoms with Gasteiger partial charge in [0.05, 0.1) is 15.7 Å². The lowest BCUT2D eigenvalue weighted by molar-refractivity contribution is 0.628. The number of benzene rings is 1. The van der Waals surface area contributed by atoms with Gasteiger partial charge < -0.3 is 5.73 Å². The average Bonchev–Trinajstić information content (AvgIpc) is 2.69. The number of halogens is 2. The maximum atomic E-state index is 13.0. The van der Waals surface area contributed by atoms with Gasteiger partial charge in [0.2, 0.25) is 0 Å². The van der Waals surface area contributed by atoms with E-state index in [4.69, 9.17) is 17.3 Å². The Balaban J connectivity index is 2.27. The van der Waals surface area contributed by atoms with Crippen molar-refractivity contribution in [2.24, 2.45) is 5.73 Å². The number of hydrogen-bond donors (Lipinski definition) is 1. The summed E-state index contributed by atoms with van der Waals surface area (Å²) in [4.78, 5) is 4.45. The van der Waals surface area contributed by atoms with Gasteiger partial charge in [-0.2, -0.15) is 0 Å². The highest BCUT2D eigenvalue weighted by molar-refractivity contribution is 7.09. The van der Waals surface area contributed by atoms with Crippen molar-refractivity contribution < 1.29 is 4.39 Å². The van der Waals surface area contributed by atoms with E-state index in [1.165, 1.54) is 6.07 Å². The van der Waals surface area contributed by atoms with Gasteiger partial charge in [0.1, 0.15) is 5.82 Å². The van der Waals surface area contributed by atoms with Crippen LogP contribution in [0.5, 0.6) is 0 Å². The molecule has 1 aromatic heterocycles. The van der Waals surface area contributed by atoms with E-state index in [9.17, 15) is 4.39 Å². The third-order valence-electron chi connectivity index (χ3n) is 2.26. The molecule has 0 aliphatic carbocycles. The molecule has 2 rings (SSSR count). The first-order valence-electron chi connectivity index (χ1n) is 5.21. The highest BCUT2D eigenvalue weighted by Crippen LogP contribution is 2.26. The molecule has 0 spiro atoms. The number of nitrogens with zero attached hydrogens (tertiary/aromatic N) is 1. The summed E-state index contributed by atoms with van der Waals surface area (Å²) in [6.07, 6.45) is 0.750. The standard InChI is InChI=1S/C12H12ClFN2S/c1-7(15)4-12-16-11(6-17-12)8-2-3-10(14)9(13)5-8/h2-3,5-7H,4,15H2,1H3. The first-order valence-corrected chi connectivity index (χ1v) is 6.47. The Labute approximate surface area is 108 Å². The fraction of sp³-hybridized carbons (Fsp3) is 0.250. The van der Waals surface area contributed by atoms with Crippen LogP contribution in [0.2, 0.25) is 5.02 Å². The van der Waals surface area contributed by atoms with Gasteiger partial charge >= 0.3 is 0 Å². The molecule has 2 N–H and O–H groups in total. The van der Waals surface area contributed by atoms with Crippen molar-refractivity contribution in [2.45, 2.75) is 19.4 Å². The van der Waals surface area contributed by atoms with Crippen molar-refractivity contribution in [2.75, 3.05) is 0 Å². The molecule has 1 heterocycles. The highest BCUT2D eigenvalue weighted by atomic mass is 35.5. The average molecular weight is 271 g/mol. The van der Waals surface area contributed by atoms with Gasteiger partial charge in [-0.05, 0) is 25.1 Å². The van der Waals surface area contributed by atoms with E-state index in [1.54, 1.807) is 23.5 Å². The van der Waals surface area contributed by atoms with Crippen molar-refractivity contribution in [1.29, 1.82) is 0 Å². The molecule has 0 saturated heterocycles. The van der Waals surface area contributed by atoms with Crippen molar-refractivity contribution in [1.82, 2.24) is 4.98 Å².